The van der Waals surface area contributed by atoms with Crippen LogP contribution in [0.4, 0.5) is 0 Å². The molecule has 2 aromatic carbocycles. The molecule has 1 nitrogen and oxygen atoms in total. The summed E-state index contributed by atoms with van der Waals surface area (Å²) < 4.78 is 0. The van der Waals surface area contributed by atoms with E-state index in [-0.39, 0.29) is 5.78 Å². The van der Waals surface area contributed by atoms with Crippen molar-refractivity contribution in [2.45, 2.75) is 34.1 Å². The van der Waals surface area contributed by atoms with Crippen molar-refractivity contribution < 1.29 is 4.79 Å². The molecule has 2 aromatic rings. The van der Waals surface area contributed by atoms with Gasteiger partial charge in [0.15, 0.2) is 5.78 Å². The molecule has 0 amide bonds. The second-order valence-corrected chi connectivity index (χ2v) is 5.47. The third-order valence-corrected chi connectivity index (χ3v) is 3.19. The van der Waals surface area contributed by atoms with E-state index in [0.717, 1.165) is 22.3 Å². The first-order chi connectivity index (χ1) is 8.94. The Labute approximate surface area is 115 Å². The van der Waals surface area contributed by atoms with Crippen LogP contribution in [0.25, 0.3) is 0 Å². The van der Waals surface area contributed by atoms with Crippen LogP contribution in [-0.4, -0.2) is 5.78 Å². The minimum Gasteiger partial charge on any atom is -0.294 e. The first-order valence-corrected chi connectivity index (χ1v) is 6.63. The summed E-state index contributed by atoms with van der Waals surface area (Å²) >= 11 is 0. The average molecular weight is 252 g/mol. The SMILES string of the molecule is Cc1cc(C)cc(CC(=O)c2cc(C)cc(C)c2)c1. The Hall–Kier alpha value is -1.89. The van der Waals surface area contributed by atoms with Crippen LogP contribution in [-0.2, 0) is 6.42 Å². The van der Waals surface area contributed by atoms with Crippen molar-refractivity contribution in [3.63, 3.8) is 0 Å². The van der Waals surface area contributed by atoms with Crippen LogP contribution in [0, 0.1) is 27.7 Å². The van der Waals surface area contributed by atoms with Gasteiger partial charge in [0, 0.05) is 12.0 Å². The quantitative estimate of drug-likeness (QED) is 0.742. The van der Waals surface area contributed by atoms with Crippen molar-refractivity contribution in [1.29, 1.82) is 0 Å². The maximum atomic E-state index is 12.3. The van der Waals surface area contributed by atoms with Gasteiger partial charge in [0.25, 0.3) is 0 Å². The summed E-state index contributed by atoms with van der Waals surface area (Å²) in [6, 6.07) is 12.3. The number of hydrogen-bond donors (Lipinski definition) is 0. The van der Waals surface area contributed by atoms with Gasteiger partial charge in [-0.15, -0.1) is 0 Å². The van der Waals surface area contributed by atoms with Crippen LogP contribution in [0.1, 0.15) is 38.2 Å². The molecule has 0 aliphatic heterocycles. The Morgan fingerprint density at radius 1 is 0.737 bits per heavy atom. The van der Waals surface area contributed by atoms with E-state index in [9.17, 15) is 4.79 Å². The van der Waals surface area contributed by atoms with Crippen molar-refractivity contribution in [3.05, 3.63) is 69.8 Å². The second kappa shape index (κ2) is 5.40. The van der Waals surface area contributed by atoms with Crippen LogP contribution in [0.5, 0.6) is 0 Å². The van der Waals surface area contributed by atoms with E-state index in [0.29, 0.717) is 6.42 Å². The van der Waals surface area contributed by atoms with Crippen molar-refractivity contribution >= 4 is 5.78 Å². The third kappa shape index (κ3) is 3.54. The fourth-order valence-corrected chi connectivity index (χ4v) is 2.59. The first-order valence-electron chi connectivity index (χ1n) is 6.63. The maximum Gasteiger partial charge on any atom is 0.167 e. The summed E-state index contributed by atoms with van der Waals surface area (Å²) in [5, 5.41) is 0. The van der Waals surface area contributed by atoms with Gasteiger partial charge >= 0.3 is 0 Å². The molecule has 0 unspecified atom stereocenters. The van der Waals surface area contributed by atoms with Crippen molar-refractivity contribution in [2.24, 2.45) is 0 Å². The Kier molecular flexibility index (Phi) is 3.84. The monoisotopic (exact) mass is 252 g/mol. The van der Waals surface area contributed by atoms with Crippen molar-refractivity contribution in [1.82, 2.24) is 0 Å². The molecule has 2 rings (SSSR count). The number of hydrogen-bond acceptors (Lipinski definition) is 1. The molecule has 0 saturated carbocycles. The lowest BCUT2D eigenvalue weighted by Crippen LogP contribution is -2.05. The Balaban J connectivity index is 2.25. The molecule has 0 spiro atoms. The highest BCUT2D eigenvalue weighted by atomic mass is 16.1. The molecule has 1 heteroatoms. The van der Waals surface area contributed by atoms with Gasteiger partial charge in [0.2, 0.25) is 0 Å². The van der Waals surface area contributed by atoms with E-state index in [4.69, 9.17) is 0 Å². The highest BCUT2D eigenvalue weighted by Gasteiger charge is 2.08. The van der Waals surface area contributed by atoms with Gasteiger partial charge in [-0.2, -0.15) is 0 Å². The molecule has 0 aliphatic rings. The molecule has 0 saturated heterocycles. The molecule has 0 heterocycles. The Morgan fingerprint density at radius 2 is 1.16 bits per heavy atom. The molecule has 0 aromatic heterocycles. The molecule has 0 bridgehead atoms. The zero-order valence-electron chi connectivity index (χ0n) is 12.1. The van der Waals surface area contributed by atoms with Gasteiger partial charge in [-0.05, 0) is 45.4 Å². The molecule has 19 heavy (non-hydrogen) atoms. The van der Waals surface area contributed by atoms with Gasteiger partial charge in [0.1, 0.15) is 0 Å². The minimum absolute atomic E-state index is 0.191. The summed E-state index contributed by atoms with van der Waals surface area (Å²) in [6.45, 7) is 8.19. The van der Waals surface area contributed by atoms with Crippen LogP contribution in [0.15, 0.2) is 36.4 Å². The van der Waals surface area contributed by atoms with Crippen LogP contribution < -0.4 is 0 Å². The normalized spacial score (nSPS) is 10.5. The zero-order valence-corrected chi connectivity index (χ0v) is 12.1. The lowest BCUT2D eigenvalue weighted by Gasteiger charge is -2.06. The largest absolute Gasteiger partial charge is 0.294 e. The topological polar surface area (TPSA) is 17.1 Å². The highest BCUT2D eigenvalue weighted by Crippen LogP contribution is 2.14. The smallest absolute Gasteiger partial charge is 0.167 e. The predicted octanol–water partition coefficient (Wildman–Crippen LogP) is 4.35. The lowest BCUT2D eigenvalue weighted by atomic mass is 9.97. The van der Waals surface area contributed by atoms with Gasteiger partial charge in [0.05, 0.1) is 0 Å². The maximum absolute atomic E-state index is 12.3. The van der Waals surface area contributed by atoms with E-state index in [1.165, 1.54) is 11.1 Å². The fraction of sp³-hybridized carbons (Fsp3) is 0.278. The molecule has 98 valence electrons. The van der Waals surface area contributed by atoms with E-state index in [2.05, 4.69) is 38.1 Å². The van der Waals surface area contributed by atoms with Crippen molar-refractivity contribution in [3.8, 4) is 0 Å². The Morgan fingerprint density at radius 3 is 1.63 bits per heavy atom. The summed E-state index contributed by atoms with van der Waals surface area (Å²) in [4.78, 5) is 12.3. The van der Waals surface area contributed by atoms with Gasteiger partial charge in [-0.3, -0.25) is 4.79 Å². The summed E-state index contributed by atoms with van der Waals surface area (Å²) in [5.41, 5.74) is 6.62. The van der Waals surface area contributed by atoms with E-state index in [1.54, 1.807) is 0 Å². The van der Waals surface area contributed by atoms with Crippen LogP contribution in [0.2, 0.25) is 0 Å². The molecule has 0 fully saturated rings. The molecule has 0 radical (unpaired) electrons. The fourth-order valence-electron chi connectivity index (χ4n) is 2.59. The van der Waals surface area contributed by atoms with Crippen molar-refractivity contribution in [2.75, 3.05) is 0 Å². The van der Waals surface area contributed by atoms with Crippen LogP contribution >= 0.6 is 0 Å². The summed E-state index contributed by atoms with van der Waals surface area (Å²) in [7, 11) is 0. The van der Waals surface area contributed by atoms with E-state index in [1.807, 2.05) is 26.0 Å². The third-order valence-electron chi connectivity index (χ3n) is 3.19. The molecule has 0 N–H and O–H groups in total. The second-order valence-electron chi connectivity index (χ2n) is 5.47. The number of Topliss-reactive ketones (excluding diaryl/α,β-unsaturated/α-hetero) is 1. The van der Waals surface area contributed by atoms with E-state index >= 15 is 0 Å². The number of carbonyl (C=O) groups is 1. The molecular formula is C18H20O. The predicted molar refractivity (Wildman–Crippen MR) is 79.9 cm³/mol. The number of ketones is 1. The molecule has 0 aliphatic carbocycles. The minimum atomic E-state index is 0.191. The van der Waals surface area contributed by atoms with Crippen LogP contribution in [0.3, 0.4) is 0 Å². The molecular weight excluding hydrogens is 232 g/mol. The average Bonchev–Trinajstić information content (AvgIpc) is 2.25. The van der Waals surface area contributed by atoms with Gasteiger partial charge in [-0.1, -0.05) is 46.5 Å². The standard InChI is InChI=1S/C18H20O/c1-12-5-13(2)8-16(7-12)11-18(19)17-9-14(3)6-15(4)10-17/h5-10H,11H2,1-4H3. The zero-order chi connectivity index (χ0) is 14.0. The number of carbonyl (C=O) groups excluding carboxylic acids is 1. The number of rotatable bonds is 3. The highest BCUT2D eigenvalue weighted by molar-refractivity contribution is 5.97. The number of aryl methyl sites for hydroxylation is 4. The molecule has 0 atom stereocenters. The Bertz CT molecular complexity index is 583. The van der Waals surface area contributed by atoms with E-state index < -0.39 is 0 Å². The number of benzene rings is 2. The summed E-state index contributed by atoms with van der Waals surface area (Å²) in [6.07, 6.45) is 0.478. The van der Waals surface area contributed by atoms with Gasteiger partial charge in [-0.25, -0.2) is 0 Å². The van der Waals surface area contributed by atoms with Gasteiger partial charge < -0.3 is 0 Å². The first kappa shape index (κ1) is 13.5. The lowest BCUT2D eigenvalue weighted by molar-refractivity contribution is 0.0993. The summed E-state index contributed by atoms with van der Waals surface area (Å²) in [5.74, 6) is 0.191.